The van der Waals surface area contributed by atoms with Crippen LogP contribution in [0.25, 0.3) is 0 Å². The van der Waals surface area contributed by atoms with Crippen molar-refractivity contribution in [1.29, 1.82) is 0 Å². The van der Waals surface area contributed by atoms with Crippen molar-refractivity contribution in [3.8, 4) is 0 Å². The van der Waals surface area contributed by atoms with Crippen LogP contribution in [0.3, 0.4) is 0 Å². The van der Waals surface area contributed by atoms with E-state index in [-0.39, 0.29) is 23.8 Å². The number of esters is 2. The van der Waals surface area contributed by atoms with Crippen LogP contribution in [-0.4, -0.2) is 25.7 Å². The van der Waals surface area contributed by atoms with Crippen molar-refractivity contribution in [2.45, 2.75) is 47.0 Å². The molecule has 0 aromatic carbocycles. The van der Waals surface area contributed by atoms with Gasteiger partial charge in [-0.3, -0.25) is 9.59 Å². The molecule has 0 spiro atoms. The lowest BCUT2D eigenvalue weighted by atomic mass is 9.69. The zero-order chi connectivity index (χ0) is 16.0. The molecule has 0 saturated carbocycles. The van der Waals surface area contributed by atoms with Gasteiger partial charge in [0.25, 0.3) is 0 Å². The molecule has 0 heterocycles. The molecule has 0 N–H and O–H groups in total. The Kier molecular flexibility index (Phi) is 6.93. The van der Waals surface area contributed by atoms with Crippen LogP contribution >= 0.6 is 0 Å². The SMILES string of the molecule is COC(=O)C1CCC(C)=CC1C(CCOC(C)=O)C(C)C. The van der Waals surface area contributed by atoms with Crippen LogP contribution in [0, 0.1) is 23.7 Å². The number of hydrogen-bond acceptors (Lipinski definition) is 4. The topological polar surface area (TPSA) is 52.6 Å². The molecule has 4 nitrogen and oxygen atoms in total. The lowest BCUT2D eigenvalue weighted by molar-refractivity contribution is -0.149. The summed E-state index contributed by atoms with van der Waals surface area (Å²) in [5.74, 6) is 0.438. The Hall–Kier alpha value is -1.32. The molecule has 0 saturated heterocycles. The Morgan fingerprint density at radius 2 is 2.05 bits per heavy atom. The van der Waals surface area contributed by atoms with Gasteiger partial charge in [0.15, 0.2) is 0 Å². The summed E-state index contributed by atoms with van der Waals surface area (Å²) in [7, 11) is 1.45. The predicted octanol–water partition coefficient (Wildman–Crippen LogP) is 3.36. The van der Waals surface area contributed by atoms with Gasteiger partial charge in [-0.05, 0) is 43.9 Å². The molecule has 0 radical (unpaired) electrons. The van der Waals surface area contributed by atoms with E-state index in [1.54, 1.807) is 0 Å². The highest BCUT2D eigenvalue weighted by molar-refractivity contribution is 5.73. The van der Waals surface area contributed by atoms with Crippen molar-refractivity contribution in [2.75, 3.05) is 13.7 Å². The van der Waals surface area contributed by atoms with E-state index in [9.17, 15) is 9.59 Å². The first-order chi connectivity index (χ1) is 9.86. The van der Waals surface area contributed by atoms with Crippen molar-refractivity contribution in [2.24, 2.45) is 23.7 Å². The van der Waals surface area contributed by atoms with Crippen molar-refractivity contribution >= 4 is 11.9 Å². The molecule has 0 amide bonds. The average Bonchev–Trinajstić information content (AvgIpc) is 2.42. The molecule has 1 aliphatic rings. The molecular formula is C17H28O4. The monoisotopic (exact) mass is 296 g/mol. The van der Waals surface area contributed by atoms with Crippen LogP contribution in [0.15, 0.2) is 11.6 Å². The Balaban J connectivity index is 2.87. The molecule has 0 aromatic heterocycles. The third kappa shape index (κ3) is 5.18. The minimum atomic E-state index is -0.252. The highest BCUT2D eigenvalue weighted by Crippen LogP contribution is 2.39. The number of allylic oxidation sites excluding steroid dienone is 2. The predicted molar refractivity (Wildman–Crippen MR) is 81.6 cm³/mol. The Labute approximate surface area is 127 Å². The molecule has 3 atom stereocenters. The van der Waals surface area contributed by atoms with E-state index in [1.165, 1.54) is 19.6 Å². The summed E-state index contributed by atoms with van der Waals surface area (Å²) >= 11 is 0. The summed E-state index contributed by atoms with van der Waals surface area (Å²) in [6.07, 6.45) is 4.80. The van der Waals surface area contributed by atoms with Gasteiger partial charge in [-0.25, -0.2) is 0 Å². The fourth-order valence-electron chi connectivity index (χ4n) is 3.26. The standard InChI is InChI=1S/C17H28O4/c1-11(2)14(8-9-21-13(4)18)16-10-12(3)6-7-15(16)17(19)20-5/h10-11,14-16H,6-9H2,1-5H3. The van der Waals surface area contributed by atoms with Gasteiger partial charge in [-0.15, -0.1) is 0 Å². The largest absolute Gasteiger partial charge is 0.469 e. The van der Waals surface area contributed by atoms with Crippen LogP contribution in [-0.2, 0) is 19.1 Å². The maximum Gasteiger partial charge on any atom is 0.309 e. The second-order valence-electron chi connectivity index (χ2n) is 6.30. The third-order valence-corrected chi connectivity index (χ3v) is 4.40. The summed E-state index contributed by atoms with van der Waals surface area (Å²) in [6.45, 7) is 8.26. The van der Waals surface area contributed by atoms with E-state index in [4.69, 9.17) is 9.47 Å². The summed E-state index contributed by atoms with van der Waals surface area (Å²) in [5.41, 5.74) is 1.33. The van der Waals surface area contributed by atoms with E-state index in [1.807, 2.05) is 0 Å². The Morgan fingerprint density at radius 3 is 2.57 bits per heavy atom. The van der Waals surface area contributed by atoms with Gasteiger partial charge in [0.1, 0.15) is 0 Å². The first kappa shape index (κ1) is 17.7. The maximum atomic E-state index is 12.1. The lowest BCUT2D eigenvalue weighted by Crippen LogP contribution is -2.34. The number of carbonyl (C=O) groups is 2. The summed E-state index contributed by atoms with van der Waals surface area (Å²) in [6, 6.07) is 0. The summed E-state index contributed by atoms with van der Waals surface area (Å²) < 4.78 is 10.1. The van der Waals surface area contributed by atoms with Crippen LogP contribution in [0.1, 0.15) is 47.0 Å². The average molecular weight is 296 g/mol. The molecule has 120 valence electrons. The van der Waals surface area contributed by atoms with Gasteiger partial charge in [0, 0.05) is 6.92 Å². The van der Waals surface area contributed by atoms with E-state index in [0.29, 0.717) is 18.4 Å². The maximum absolute atomic E-state index is 12.1. The Morgan fingerprint density at radius 1 is 1.38 bits per heavy atom. The quantitative estimate of drug-likeness (QED) is 0.557. The number of carbonyl (C=O) groups excluding carboxylic acids is 2. The van der Waals surface area contributed by atoms with E-state index in [0.717, 1.165) is 19.3 Å². The molecule has 1 rings (SSSR count). The van der Waals surface area contributed by atoms with E-state index < -0.39 is 0 Å². The van der Waals surface area contributed by atoms with Gasteiger partial charge >= 0.3 is 11.9 Å². The molecule has 21 heavy (non-hydrogen) atoms. The second kappa shape index (κ2) is 8.20. The fourth-order valence-corrected chi connectivity index (χ4v) is 3.26. The highest BCUT2D eigenvalue weighted by atomic mass is 16.5. The first-order valence-corrected chi connectivity index (χ1v) is 7.75. The molecular weight excluding hydrogens is 268 g/mol. The smallest absolute Gasteiger partial charge is 0.309 e. The highest BCUT2D eigenvalue weighted by Gasteiger charge is 2.36. The van der Waals surface area contributed by atoms with Crippen LogP contribution in [0.4, 0.5) is 0 Å². The van der Waals surface area contributed by atoms with Gasteiger partial charge in [-0.1, -0.05) is 25.5 Å². The number of ether oxygens (including phenoxy) is 2. The van der Waals surface area contributed by atoms with E-state index in [2.05, 4.69) is 26.8 Å². The van der Waals surface area contributed by atoms with Crippen molar-refractivity contribution in [3.05, 3.63) is 11.6 Å². The van der Waals surface area contributed by atoms with Gasteiger partial charge in [0.2, 0.25) is 0 Å². The minimum absolute atomic E-state index is 0.0802. The minimum Gasteiger partial charge on any atom is -0.469 e. The molecule has 0 aromatic rings. The Bertz CT molecular complexity index is 398. The van der Waals surface area contributed by atoms with Crippen LogP contribution < -0.4 is 0 Å². The van der Waals surface area contributed by atoms with Crippen molar-refractivity contribution in [1.82, 2.24) is 0 Å². The van der Waals surface area contributed by atoms with Crippen LogP contribution in [0.2, 0.25) is 0 Å². The molecule has 1 aliphatic carbocycles. The van der Waals surface area contributed by atoms with E-state index >= 15 is 0 Å². The fraction of sp³-hybridized carbons (Fsp3) is 0.765. The second-order valence-corrected chi connectivity index (χ2v) is 6.30. The lowest BCUT2D eigenvalue weighted by Gasteiger charge is -2.36. The first-order valence-electron chi connectivity index (χ1n) is 7.75. The zero-order valence-corrected chi connectivity index (χ0v) is 13.8. The molecule has 4 heteroatoms. The summed E-state index contributed by atoms with van der Waals surface area (Å²) in [4.78, 5) is 23.0. The molecule has 0 fully saturated rings. The number of hydrogen-bond donors (Lipinski definition) is 0. The van der Waals surface area contributed by atoms with Crippen molar-refractivity contribution < 1.29 is 19.1 Å². The van der Waals surface area contributed by atoms with Crippen molar-refractivity contribution in [3.63, 3.8) is 0 Å². The molecule has 3 unspecified atom stereocenters. The van der Waals surface area contributed by atoms with Gasteiger partial charge in [0.05, 0.1) is 19.6 Å². The van der Waals surface area contributed by atoms with Gasteiger partial charge < -0.3 is 9.47 Å². The van der Waals surface area contributed by atoms with Gasteiger partial charge in [-0.2, -0.15) is 0 Å². The molecule has 0 aliphatic heterocycles. The van der Waals surface area contributed by atoms with Crippen LogP contribution in [0.5, 0.6) is 0 Å². The third-order valence-electron chi connectivity index (χ3n) is 4.40. The molecule has 0 bridgehead atoms. The normalized spacial score (nSPS) is 23.4. The zero-order valence-electron chi connectivity index (χ0n) is 13.8. The summed E-state index contributed by atoms with van der Waals surface area (Å²) in [5, 5.41) is 0. The number of rotatable bonds is 6. The number of methoxy groups -OCH3 is 1.